The van der Waals surface area contributed by atoms with Gasteiger partial charge in [0, 0.05) is 71.1 Å². The molecule has 0 aliphatic heterocycles. The first-order chi connectivity index (χ1) is 52.0. The van der Waals surface area contributed by atoms with Crippen LogP contribution in [0.15, 0.2) is 0 Å². The molecule has 0 aromatic heterocycles. The van der Waals surface area contributed by atoms with Crippen LogP contribution in [0.3, 0.4) is 0 Å². The van der Waals surface area contributed by atoms with E-state index in [0.29, 0.717) is 52.0 Å². The molecule has 9 N–H and O–H groups in total. The molecule has 0 spiro atoms. The monoisotopic (exact) mass is 1650 g/mol. The molecule has 0 saturated heterocycles. The Kier molecular flexibility index (Phi) is 81.2. The van der Waals surface area contributed by atoms with Crippen molar-refractivity contribution in [2.45, 2.75) is 147 Å². The molecule has 114 heavy (non-hydrogen) atoms. The second kappa shape index (κ2) is 74.7. The third-order valence-electron chi connectivity index (χ3n) is 12.5. The largest absolute Gasteiger partial charge is 0.301 e. The van der Waals surface area contributed by atoms with E-state index in [4.69, 9.17) is 46.9 Å². The van der Waals surface area contributed by atoms with Gasteiger partial charge in [-0.25, -0.2) is 45.6 Å². The number of carbonyl (C=O) groups is 18. The van der Waals surface area contributed by atoms with Gasteiger partial charge in [0.05, 0.1) is 105 Å². The Morgan fingerprint density at radius 2 is 0.298 bits per heavy atom. The molecule has 0 aliphatic rings. The van der Waals surface area contributed by atoms with Crippen LogP contribution in [-0.2, 0) is 86.3 Å². The number of hydrogen-bond acceptors (Lipinski definition) is 34. The van der Waals surface area contributed by atoms with E-state index >= 15 is 0 Å². The molecule has 0 aromatic rings. The summed E-state index contributed by atoms with van der Waals surface area (Å²) in [6.07, 6.45) is 2.06. The Labute approximate surface area is 672 Å². The zero-order valence-electron chi connectivity index (χ0n) is 72.5. The standard InChI is InChI=1S/C9H17NO3.7C8H16N2O3.C6H11NO3/c1-7(2)6-9(12)10(13)5-4-8(3)11;7*1-7(11)4-5-10(13)8(12)6-9(2)3;1-5(8)3-4-7(10)6(2)9/h7,13H,4-6H2,1-3H3;7*13H,4-6H2,1-3H3;10H,3-4H2,1-2H3. The van der Waals surface area contributed by atoms with Crippen molar-refractivity contribution in [2.24, 2.45) is 5.92 Å². The lowest BCUT2D eigenvalue weighted by Gasteiger charge is -2.16. The number of Topliss-reactive ketones (excluding diaryl/α,β-unsaturated/α-hetero) is 9. The van der Waals surface area contributed by atoms with Gasteiger partial charge in [-0.3, -0.25) is 133 Å². The predicted octanol–water partition coefficient (Wildman–Crippen LogP) is -0.353. The minimum Gasteiger partial charge on any atom is -0.301 e. The minimum absolute atomic E-state index is 0.0311. The number of rotatable bonds is 43. The first-order valence-electron chi connectivity index (χ1n) is 35.9. The molecular weight excluding hydrogens is 1510 g/mol. The molecule has 0 radical (unpaired) electrons. The number of ketones is 9. The Bertz CT molecular complexity index is 2340. The lowest BCUT2D eigenvalue weighted by Crippen LogP contribution is -2.36. The highest BCUT2D eigenvalue weighted by Gasteiger charge is 2.19. The van der Waals surface area contributed by atoms with Crippen LogP contribution < -0.4 is 0 Å². The summed E-state index contributed by atoms with van der Waals surface area (Å²) < 4.78 is 0. The van der Waals surface area contributed by atoms with Gasteiger partial charge in [0.1, 0.15) is 52.0 Å². The van der Waals surface area contributed by atoms with Gasteiger partial charge in [-0.2, -0.15) is 0 Å². The molecule has 0 aromatic carbocycles. The average molecular weight is 1650 g/mol. The molecule has 43 nitrogen and oxygen atoms in total. The third-order valence-corrected chi connectivity index (χ3v) is 12.5. The van der Waals surface area contributed by atoms with E-state index < -0.39 is 47.3 Å². The summed E-state index contributed by atoms with van der Waals surface area (Å²) >= 11 is 0. The highest BCUT2D eigenvalue weighted by molar-refractivity contribution is 5.84. The van der Waals surface area contributed by atoms with E-state index in [-0.39, 0.29) is 226 Å². The topological polar surface area (TPSA) is 541 Å². The normalized spacial score (nSPS) is 10.1. The Morgan fingerprint density at radius 3 is 0.386 bits per heavy atom. The van der Waals surface area contributed by atoms with Crippen LogP contribution >= 0.6 is 0 Å². The number of likely N-dealkylation sites (N-methyl/N-ethyl adjacent to an activating group) is 7. The molecule has 0 saturated carbocycles. The van der Waals surface area contributed by atoms with Crippen molar-refractivity contribution >= 4 is 105 Å². The van der Waals surface area contributed by atoms with Crippen molar-refractivity contribution in [1.82, 2.24) is 79.9 Å². The molecule has 0 rings (SSSR count). The van der Waals surface area contributed by atoms with Crippen molar-refractivity contribution in [3.8, 4) is 0 Å². The second-order valence-electron chi connectivity index (χ2n) is 28.1. The fourth-order valence-corrected chi connectivity index (χ4v) is 6.44. The summed E-state index contributed by atoms with van der Waals surface area (Å²) in [6, 6.07) is 0. The number of hydroxylamine groups is 18. The van der Waals surface area contributed by atoms with Gasteiger partial charge in [0.15, 0.2) is 0 Å². The Hall–Kier alpha value is -8.38. The third kappa shape index (κ3) is 99.7. The summed E-state index contributed by atoms with van der Waals surface area (Å²) in [6.45, 7) is 19.5. The minimum atomic E-state index is -0.443. The van der Waals surface area contributed by atoms with E-state index in [1.807, 2.05) is 13.8 Å². The van der Waals surface area contributed by atoms with Crippen LogP contribution in [0.4, 0.5) is 0 Å². The lowest BCUT2D eigenvalue weighted by atomic mass is 10.1. The highest BCUT2D eigenvalue weighted by atomic mass is 16.5. The predicted molar refractivity (Wildman–Crippen MR) is 414 cm³/mol. The number of hydrogen-bond donors (Lipinski definition) is 9. The zero-order chi connectivity index (χ0) is 91.6. The maximum absolute atomic E-state index is 11.1. The highest BCUT2D eigenvalue weighted by Crippen LogP contribution is 2.04. The van der Waals surface area contributed by atoms with Gasteiger partial charge >= 0.3 is 0 Å². The van der Waals surface area contributed by atoms with Crippen molar-refractivity contribution in [3.63, 3.8) is 0 Å². The van der Waals surface area contributed by atoms with Crippen LogP contribution in [0.1, 0.15) is 147 Å². The maximum atomic E-state index is 11.1. The summed E-state index contributed by atoms with van der Waals surface area (Å²) in [5, 5.41) is 86.9. The second-order valence-corrected chi connectivity index (χ2v) is 28.1. The summed E-state index contributed by atoms with van der Waals surface area (Å²) in [5.41, 5.74) is 0. The first-order valence-corrected chi connectivity index (χ1v) is 35.9. The molecule has 43 heteroatoms. The van der Waals surface area contributed by atoms with Crippen LogP contribution in [-0.4, -0.2) is 435 Å². The van der Waals surface area contributed by atoms with Gasteiger partial charge in [0.2, 0.25) is 11.8 Å². The molecule has 666 valence electrons. The fourth-order valence-electron chi connectivity index (χ4n) is 6.44. The number of nitrogens with zero attached hydrogens (tertiary/aromatic N) is 16. The van der Waals surface area contributed by atoms with Gasteiger partial charge < -0.3 is 34.3 Å². The van der Waals surface area contributed by atoms with Crippen molar-refractivity contribution in [2.75, 3.05) is 203 Å². The summed E-state index contributed by atoms with van der Waals surface area (Å²) in [4.78, 5) is 205. The molecule has 0 unspecified atom stereocenters. The van der Waals surface area contributed by atoms with E-state index in [9.17, 15) is 86.3 Å². The van der Waals surface area contributed by atoms with Crippen LogP contribution in [0.5, 0.6) is 0 Å². The summed E-state index contributed by atoms with van der Waals surface area (Å²) in [7, 11) is 24.3. The molecule has 0 heterocycles. The smallest absolute Gasteiger partial charge is 0.260 e. The van der Waals surface area contributed by atoms with Crippen LogP contribution in [0.2, 0.25) is 0 Å². The van der Waals surface area contributed by atoms with Gasteiger partial charge in [0.25, 0.3) is 41.4 Å². The first kappa shape index (κ1) is 124. The van der Waals surface area contributed by atoms with E-state index in [2.05, 4.69) is 0 Å². The van der Waals surface area contributed by atoms with Gasteiger partial charge in [-0.15, -0.1) is 0 Å². The van der Waals surface area contributed by atoms with E-state index in [1.54, 1.807) is 133 Å². The molecule has 0 atom stereocenters. The number of carbonyl (C=O) groups excluding carboxylic acids is 18. The molecule has 0 bridgehead atoms. The van der Waals surface area contributed by atoms with Gasteiger partial charge in [-0.05, 0) is 167 Å². The van der Waals surface area contributed by atoms with Crippen molar-refractivity contribution in [3.05, 3.63) is 0 Å². The molecular formula is C71H140N16O27. The van der Waals surface area contributed by atoms with Crippen LogP contribution in [0.25, 0.3) is 0 Å². The summed E-state index contributed by atoms with van der Waals surface area (Å²) in [5.74, 6) is -3.71. The van der Waals surface area contributed by atoms with Gasteiger partial charge in [-0.1, -0.05) is 13.8 Å². The fraction of sp³-hybridized carbons (Fsp3) is 0.746. The number of amides is 9. The molecule has 0 fully saturated rings. The Balaban J connectivity index is -0.000000156. The van der Waals surface area contributed by atoms with Crippen LogP contribution in [0, 0.1) is 5.92 Å². The lowest BCUT2D eigenvalue weighted by molar-refractivity contribution is -0.167. The quantitative estimate of drug-likeness (QED) is 0.0278. The Morgan fingerprint density at radius 1 is 0.193 bits per heavy atom. The van der Waals surface area contributed by atoms with Crippen molar-refractivity contribution < 1.29 is 133 Å². The molecule has 9 amide bonds. The van der Waals surface area contributed by atoms with Crippen molar-refractivity contribution in [1.29, 1.82) is 0 Å². The zero-order valence-corrected chi connectivity index (χ0v) is 72.5. The van der Waals surface area contributed by atoms with E-state index in [0.717, 1.165) is 0 Å². The van der Waals surface area contributed by atoms with E-state index in [1.165, 1.54) is 69.2 Å². The molecule has 0 aliphatic carbocycles. The average Bonchev–Trinajstić information content (AvgIpc) is 0.987. The SMILES string of the molecule is CC(=O)CCN(O)C(=O)CC(C)C.CC(=O)CCN(O)C(=O)CN(C)C.CC(=O)CCN(O)C(=O)CN(C)C.CC(=O)CCN(O)C(=O)CN(C)C.CC(=O)CCN(O)C(=O)CN(C)C.CC(=O)CCN(O)C(=O)CN(C)C.CC(=O)CCN(O)C(=O)CN(C)C.CC(=O)CCN(O)C(=O)CN(C)C.CC(=O)CCN(O)C(C)=O. The maximum Gasteiger partial charge on any atom is 0.260 e.